The first-order valence-electron chi connectivity index (χ1n) is 8.49. The minimum Gasteiger partial charge on any atom is -0.496 e. The molecule has 0 fully saturated rings. The Balaban J connectivity index is 1.84. The van der Waals surface area contributed by atoms with Crippen LogP contribution in [0.15, 0.2) is 53.2 Å². The second kappa shape index (κ2) is 7.52. The number of carbonyl (C=O) groups excluding carboxylic acids is 1. The van der Waals surface area contributed by atoms with Gasteiger partial charge in [0.2, 0.25) is 0 Å². The average molecular weight is 352 g/mol. The van der Waals surface area contributed by atoms with Crippen molar-refractivity contribution in [3.05, 3.63) is 70.7 Å². The Morgan fingerprint density at radius 2 is 1.92 bits per heavy atom. The van der Waals surface area contributed by atoms with Gasteiger partial charge in [0.1, 0.15) is 23.1 Å². The van der Waals surface area contributed by atoms with Crippen LogP contribution in [-0.2, 0) is 11.2 Å². The van der Waals surface area contributed by atoms with Crippen molar-refractivity contribution in [3.63, 3.8) is 0 Å². The van der Waals surface area contributed by atoms with Gasteiger partial charge in [-0.05, 0) is 52.9 Å². The predicted octanol–water partition coefficient (Wildman–Crippen LogP) is 4.07. The number of ether oxygens (including phenoxy) is 1. The maximum absolute atomic E-state index is 13.0. The first-order chi connectivity index (χ1) is 12.5. The molecule has 3 rings (SSSR count). The monoisotopic (exact) mass is 352 g/mol. The highest BCUT2D eigenvalue weighted by Gasteiger charge is 2.20. The van der Waals surface area contributed by atoms with Crippen LogP contribution in [0, 0.1) is 5.82 Å². The summed E-state index contributed by atoms with van der Waals surface area (Å²) >= 11 is 0. The van der Waals surface area contributed by atoms with Gasteiger partial charge in [0.05, 0.1) is 7.11 Å². The third-order valence-corrected chi connectivity index (χ3v) is 4.21. The first-order valence-corrected chi connectivity index (χ1v) is 8.49. The molecule has 2 aromatic rings. The van der Waals surface area contributed by atoms with Crippen LogP contribution in [0.4, 0.5) is 4.39 Å². The molecule has 0 bridgehead atoms. The first kappa shape index (κ1) is 17.9. The van der Waals surface area contributed by atoms with Crippen molar-refractivity contribution in [2.45, 2.75) is 26.2 Å². The van der Waals surface area contributed by atoms with Crippen LogP contribution in [0.5, 0.6) is 5.75 Å². The molecule has 0 saturated heterocycles. The third kappa shape index (κ3) is 3.99. The number of aliphatic imine (C=N–C) groups is 1. The lowest BCUT2D eigenvalue weighted by molar-refractivity contribution is -0.115. The number of rotatable bonds is 5. The number of hydrogen-bond acceptors (Lipinski definition) is 3. The van der Waals surface area contributed by atoms with Gasteiger partial charge in [-0.1, -0.05) is 32.0 Å². The van der Waals surface area contributed by atoms with Gasteiger partial charge in [0.25, 0.3) is 5.91 Å². The maximum atomic E-state index is 13.0. The topological polar surface area (TPSA) is 50.7 Å². The van der Waals surface area contributed by atoms with Crippen LogP contribution in [0.3, 0.4) is 0 Å². The minimum absolute atomic E-state index is 0.232. The Bertz CT molecular complexity index is 883. The molecule has 0 atom stereocenters. The summed E-state index contributed by atoms with van der Waals surface area (Å²) in [6.07, 6.45) is 2.21. The molecule has 0 aliphatic carbocycles. The highest BCUT2D eigenvalue weighted by atomic mass is 19.1. The van der Waals surface area contributed by atoms with Crippen LogP contribution in [0.1, 0.15) is 36.5 Å². The average Bonchev–Trinajstić information content (AvgIpc) is 2.96. The standard InChI is InChI=1S/C21H21FN2O2/c1-13(2)17-10-15(6-9-19(17)26-3)11-18-21(25)24-20(23-18)12-14-4-7-16(22)8-5-14/h4-11,13H,12H2,1-3H3,(H,23,24,25)/b18-11+. The zero-order chi connectivity index (χ0) is 18.7. The normalized spacial score (nSPS) is 15.3. The van der Waals surface area contributed by atoms with Gasteiger partial charge in [-0.3, -0.25) is 4.79 Å². The zero-order valence-electron chi connectivity index (χ0n) is 15.0. The number of nitrogens with zero attached hydrogens (tertiary/aromatic N) is 1. The molecule has 0 radical (unpaired) electrons. The van der Waals surface area contributed by atoms with E-state index in [-0.39, 0.29) is 11.7 Å². The van der Waals surface area contributed by atoms with E-state index in [9.17, 15) is 9.18 Å². The van der Waals surface area contributed by atoms with Crippen LogP contribution >= 0.6 is 0 Å². The van der Waals surface area contributed by atoms with Gasteiger partial charge in [0.15, 0.2) is 0 Å². The third-order valence-electron chi connectivity index (χ3n) is 4.21. The number of nitrogens with one attached hydrogen (secondary N) is 1. The fourth-order valence-corrected chi connectivity index (χ4v) is 2.85. The van der Waals surface area contributed by atoms with E-state index in [1.807, 2.05) is 18.2 Å². The largest absolute Gasteiger partial charge is 0.496 e. The lowest BCUT2D eigenvalue weighted by Gasteiger charge is -2.12. The van der Waals surface area contributed by atoms with E-state index in [1.165, 1.54) is 12.1 Å². The van der Waals surface area contributed by atoms with E-state index >= 15 is 0 Å². The molecule has 1 amide bonds. The predicted molar refractivity (Wildman–Crippen MR) is 101 cm³/mol. The van der Waals surface area contributed by atoms with Gasteiger partial charge < -0.3 is 10.1 Å². The maximum Gasteiger partial charge on any atom is 0.275 e. The molecule has 5 heteroatoms. The van der Waals surface area contributed by atoms with Crippen LogP contribution in [-0.4, -0.2) is 18.9 Å². The molecule has 1 aliphatic rings. The van der Waals surface area contributed by atoms with E-state index < -0.39 is 0 Å². The molecule has 0 saturated carbocycles. The minimum atomic E-state index is -0.285. The molecule has 0 spiro atoms. The van der Waals surface area contributed by atoms with Gasteiger partial charge in [-0.2, -0.15) is 0 Å². The van der Waals surface area contributed by atoms with E-state index in [2.05, 4.69) is 24.2 Å². The quantitative estimate of drug-likeness (QED) is 0.825. The Kier molecular flexibility index (Phi) is 5.16. The van der Waals surface area contributed by atoms with Gasteiger partial charge >= 0.3 is 0 Å². The molecular weight excluding hydrogens is 331 g/mol. The molecule has 1 aliphatic heterocycles. The van der Waals surface area contributed by atoms with Crippen molar-refractivity contribution < 1.29 is 13.9 Å². The van der Waals surface area contributed by atoms with Gasteiger partial charge in [-0.25, -0.2) is 9.38 Å². The number of methoxy groups -OCH3 is 1. The lowest BCUT2D eigenvalue weighted by atomic mass is 9.99. The van der Waals surface area contributed by atoms with E-state index in [0.717, 1.165) is 22.4 Å². The van der Waals surface area contributed by atoms with E-state index in [0.29, 0.717) is 23.9 Å². The molecule has 4 nitrogen and oxygen atoms in total. The molecule has 0 unspecified atom stereocenters. The summed E-state index contributed by atoms with van der Waals surface area (Å²) in [4.78, 5) is 16.6. The van der Waals surface area contributed by atoms with E-state index in [1.54, 1.807) is 25.3 Å². The smallest absolute Gasteiger partial charge is 0.275 e. The van der Waals surface area contributed by atoms with Crippen molar-refractivity contribution in [1.82, 2.24) is 5.32 Å². The number of hydrogen-bond donors (Lipinski definition) is 1. The molecule has 0 aromatic heterocycles. The second-order valence-corrected chi connectivity index (χ2v) is 6.50. The van der Waals surface area contributed by atoms with Crippen LogP contribution in [0.25, 0.3) is 6.08 Å². The Labute approximate surface area is 152 Å². The zero-order valence-corrected chi connectivity index (χ0v) is 15.0. The number of halogens is 1. The fraction of sp³-hybridized carbons (Fsp3) is 0.238. The number of amidine groups is 1. The van der Waals surface area contributed by atoms with Crippen molar-refractivity contribution in [2.75, 3.05) is 7.11 Å². The Hall–Kier alpha value is -2.95. The van der Waals surface area contributed by atoms with E-state index in [4.69, 9.17) is 4.74 Å². The SMILES string of the molecule is COc1ccc(/C=C2/N=C(Cc3ccc(F)cc3)NC2=O)cc1C(C)C. The molecule has 26 heavy (non-hydrogen) atoms. The highest BCUT2D eigenvalue weighted by Crippen LogP contribution is 2.28. The number of benzene rings is 2. The van der Waals surface area contributed by atoms with Crippen molar-refractivity contribution in [1.29, 1.82) is 0 Å². The second-order valence-electron chi connectivity index (χ2n) is 6.50. The summed E-state index contributed by atoms with van der Waals surface area (Å²) in [5, 5.41) is 2.77. The molecule has 134 valence electrons. The van der Waals surface area contributed by atoms with Crippen molar-refractivity contribution in [3.8, 4) is 5.75 Å². The molecule has 2 aromatic carbocycles. The summed E-state index contributed by atoms with van der Waals surface area (Å²) in [5.74, 6) is 1.18. The summed E-state index contributed by atoms with van der Waals surface area (Å²) in [7, 11) is 1.65. The fourth-order valence-electron chi connectivity index (χ4n) is 2.85. The Morgan fingerprint density at radius 3 is 2.58 bits per heavy atom. The summed E-state index contributed by atoms with van der Waals surface area (Å²) in [5.41, 5.74) is 3.22. The molecular formula is C21H21FN2O2. The molecule has 1 N–H and O–H groups in total. The van der Waals surface area contributed by atoms with Crippen LogP contribution in [0.2, 0.25) is 0 Å². The molecule has 1 heterocycles. The summed E-state index contributed by atoms with van der Waals surface area (Å²) < 4.78 is 18.4. The summed E-state index contributed by atoms with van der Waals surface area (Å²) in [6, 6.07) is 12.0. The van der Waals surface area contributed by atoms with Crippen LogP contribution < -0.4 is 10.1 Å². The van der Waals surface area contributed by atoms with Crippen molar-refractivity contribution in [2.24, 2.45) is 4.99 Å². The van der Waals surface area contributed by atoms with Crippen molar-refractivity contribution >= 4 is 17.8 Å². The highest BCUT2D eigenvalue weighted by molar-refractivity contribution is 6.14. The number of carbonyl (C=O) groups is 1. The lowest BCUT2D eigenvalue weighted by Crippen LogP contribution is -2.25. The summed E-state index contributed by atoms with van der Waals surface area (Å²) in [6.45, 7) is 4.19. The van der Waals surface area contributed by atoms with Gasteiger partial charge in [0, 0.05) is 6.42 Å². The number of amides is 1. The Morgan fingerprint density at radius 1 is 1.19 bits per heavy atom. The van der Waals surface area contributed by atoms with Gasteiger partial charge in [-0.15, -0.1) is 0 Å².